The van der Waals surface area contributed by atoms with Crippen LogP contribution < -0.4 is 10.2 Å². The van der Waals surface area contributed by atoms with Gasteiger partial charge >= 0.3 is 0 Å². The molecule has 0 amide bonds. The van der Waals surface area contributed by atoms with Crippen molar-refractivity contribution in [1.82, 2.24) is 0 Å². The van der Waals surface area contributed by atoms with E-state index in [9.17, 15) is 14.9 Å². The number of Topliss-reactive ketones (excluding diaryl/α,β-unsaturated/α-hetero) is 1. The van der Waals surface area contributed by atoms with Gasteiger partial charge in [-0.2, -0.15) is 0 Å². The molecule has 1 aliphatic rings. The van der Waals surface area contributed by atoms with Crippen LogP contribution in [-0.4, -0.2) is 23.8 Å². The summed E-state index contributed by atoms with van der Waals surface area (Å²) >= 11 is 0. The number of nitrogens with one attached hydrogen (secondary N) is 1. The van der Waals surface area contributed by atoms with E-state index in [2.05, 4.69) is 10.2 Å². The predicted molar refractivity (Wildman–Crippen MR) is 94.3 cm³/mol. The molecule has 6 heteroatoms. The first-order valence-corrected chi connectivity index (χ1v) is 7.96. The second-order valence-corrected chi connectivity index (χ2v) is 5.91. The number of nitro benzene ring substituents is 1. The lowest BCUT2D eigenvalue weighted by molar-refractivity contribution is -0.383. The summed E-state index contributed by atoms with van der Waals surface area (Å²) in [7, 11) is 0. The molecule has 6 nitrogen and oxygen atoms in total. The van der Waals surface area contributed by atoms with Crippen LogP contribution in [0.5, 0.6) is 0 Å². The summed E-state index contributed by atoms with van der Waals surface area (Å²) in [6.45, 7) is 3.47. The quantitative estimate of drug-likeness (QED) is 0.508. The zero-order valence-corrected chi connectivity index (χ0v) is 13.5. The molecule has 0 radical (unpaired) electrons. The van der Waals surface area contributed by atoms with Gasteiger partial charge in [0.15, 0.2) is 5.78 Å². The van der Waals surface area contributed by atoms with E-state index >= 15 is 0 Å². The van der Waals surface area contributed by atoms with Gasteiger partial charge in [0.05, 0.1) is 4.92 Å². The third-order valence-corrected chi connectivity index (χ3v) is 4.20. The van der Waals surface area contributed by atoms with E-state index in [0.29, 0.717) is 11.3 Å². The first-order valence-electron chi connectivity index (χ1n) is 7.96. The molecule has 1 N–H and O–H groups in total. The minimum atomic E-state index is -0.473. The van der Waals surface area contributed by atoms with Crippen LogP contribution in [0.3, 0.4) is 0 Å². The number of benzene rings is 2. The predicted octanol–water partition coefficient (Wildman–Crippen LogP) is 4.14. The Balaban J connectivity index is 1.89. The molecule has 0 bridgehead atoms. The van der Waals surface area contributed by atoms with Crippen molar-refractivity contribution in [2.45, 2.75) is 19.8 Å². The van der Waals surface area contributed by atoms with Crippen LogP contribution in [0.2, 0.25) is 0 Å². The molecule has 3 rings (SSSR count). The summed E-state index contributed by atoms with van der Waals surface area (Å²) in [5.74, 6) is -0.194. The van der Waals surface area contributed by atoms with Gasteiger partial charge in [-0.1, -0.05) is 6.07 Å². The van der Waals surface area contributed by atoms with Gasteiger partial charge in [0.25, 0.3) is 5.69 Å². The second kappa shape index (κ2) is 6.70. The standard InChI is InChI=1S/C18H19N3O3/c1-13(22)14-7-8-17(18(11-14)21(23)24)19-15-5-4-6-16(12-15)20-9-2-3-10-20/h4-8,11-12,19H,2-3,9-10H2,1H3. The van der Waals surface area contributed by atoms with E-state index < -0.39 is 4.92 Å². The molecule has 24 heavy (non-hydrogen) atoms. The van der Waals surface area contributed by atoms with Crippen LogP contribution in [0.25, 0.3) is 0 Å². The fourth-order valence-corrected chi connectivity index (χ4v) is 2.92. The zero-order chi connectivity index (χ0) is 17.1. The molecule has 124 valence electrons. The molecule has 1 fully saturated rings. The Morgan fingerprint density at radius 3 is 2.58 bits per heavy atom. The highest BCUT2D eigenvalue weighted by Crippen LogP contribution is 2.31. The largest absolute Gasteiger partial charge is 0.371 e. The molecular weight excluding hydrogens is 306 g/mol. The van der Waals surface area contributed by atoms with Crippen molar-refractivity contribution >= 4 is 28.5 Å². The Morgan fingerprint density at radius 2 is 1.92 bits per heavy atom. The van der Waals surface area contributed by atoms with Crippen molar-refractivity contribution in [3.8, 4) is 0 Å². The van der Waals surface area contributed by atoms with Crippen molar-refractivity contribution in [3.05, 3.63) is 58.1 Å². The highest BCUT2D eigenvalue weighted by atomic mass is 16.6. The Hall–Kier alpha value is -2.89. The van der Waals surface area contributed by atoms with Gasteiger partial charge in [-0.15, -0.1) is 0 Å². The summed E-state index contributed by atoms with van der Waals surface area (Å²) in [6, 6.07) is 12.3. The number of ketones is 1. The number of nitro groups is 1. The molecule has 0 unspecified atom stereocenters. The van der Waals surface area contributed by atoms with E-state index in [1.165, 1.54) is 25.8 Å². The maximum absolute atomic E-state index is 11.4. The Labute approximate surface area is 140 Å². The minimum Gasteiger partial charge on any atom is -0.371 e. The molecular formula is C18H19N3O3. The normalized spacial score (nSPS) is 13.8. The topological polar surface area (TPSA) is 75.5 Å². The van der Waals surface area contributed by atoms with Gasteiger partial charge in [0.1, 0.15) is 5.69 Å². The molecule has 2 aromatic carbocycles. The summed E-state index contributed by atoms with van der Waals surface area (Å²) in [5.41, 5.74) is 2.51. The highest BCUT2D eigenvalue weighted by molar-refractivity contribution is 5.95. The number of hydrogen-bond acceptors (Lipinski definition) is 5. The molecule has 0 atom stereocenters. The lowest BCUT2D eigenvalue weighted by Crippen LogP contribution is -2.17. The van der Waals surface area contributed by atoms with Gasteiger partial charge in [-0.25, -0.2) is 0 Å². The molecule has 1 saturated heterocycles. The van der Waals surface area contributed by atoms with Crippen molar-refractivity contribution in [2.24, 2.45) is 0 Å². The van der Waals surface area contributed by atoms with E-state index in [0.717, 1.165) is 24.5 Å². The van der Waals surface area contributed by atoms with E-state index in [-0.39, 0.29) is 11.5 Å². The number of hydrogen-bond donors (Lipinski definition) is 1. The van der Waals surface area contributed by atoms with Crippen LogP contribution in [-0.2, 0) is 0 Å². The highest BCUT2D eigenvalue weighted by Gasteiger charge is 2.17. The summed E-state index contributed by atoms with van der Waals surface area (Å²) in [6.07, 6.45) is 2.38. The van der Waals surface area contributed by atoms with Crippen LogP contribution in [0.4, 0.5) is 22.7 Å². The van der Waals surface area contributed by atoms with Crippen molar-refractivity contribution in [3.63, 3.8) is 0 Å². The van der Waals surface area contributed by atoms with E-state index in [1.807, 2.05) is 24.3 Å². The van der Waals surface area contributed by atoms with Crippen molar-refractivity contribution in [2.75, 3.05) is 23.3 Å². The molecule has 0 aromatic heterocycles. The smallest absolute Gasteiger partial charge is 0.293 e. The number of rotatable bonds is 5. The first kappa shape index (κ1) is 16.0. The van der Waals surface area contributed by atoms with Gasteiger partial charge in [-0.05, 0) is 50.1 Å². The Morgan fingerprint density at radius 1 is 1.17 bits per heavy atom. The lowest BCUT2D eigenvalue weighted by atomic mass is 10.1. The lowest BCUT2D eigenvalue weighted by Gasteiger charge is -2.18. The Bertz CT molecular complexity index is 783. The Kier molecular flexibility index (Phi) is 4.46. The van der Waals surface area contributed by atoms with Crippen molar-refractivity contribution < 1.29 is 9.72 Å². The maximum atomic E-state index is 11.4. The van der Waals surface area contributed by atoms with Gasteiger partial charge in [0, 0.05) is 36.1 Å². The van der Waals surface area contributed by atoms with Crippen LogP contribution in [0, 0.1) is 10.1 Å². The summed E-state index contributed by atoms with van der Waals surface area (Å²) in [4.78, 5) is 24.6. The number of nitrogens with zero attached hydrogens (tertiary/aromatic N) is 2. The van der Waals surface area contributed by atoms with Gasteiger partial charge in [0.2, 0.25) is 0 Å². The monoisotopic (exact) mass is 325 g/mol. The number of carbonyl (C=O) groups is 1. The minimum absolute atomic E-state index is 0.103. The third-order valence-electron chi connectivity index (χ3n) is 4.20. The molecule has 0 saturated carbocycles. The average molecular weight is 325 g/mol. The fraction of sp³-hybridized carbons (Fsp3) is 0.278. The summed E-state index contributed by atoms with van der Waals surface area (Å²) < 4.78 is 0. The first-order chi connectivity index (χ1) is 11.5. The number of anilines is 3. The molecule has 1 aliphatic heterocycles. The zero-order valence-electron chi connectivity index (χ0n) is 13.5. The van der Waals surface area contributed by atoms with Crippen molar-refractivity contribution in [1.29, 1.82) is 0 Å². The number of carbonyl (C=O) groups excluding carboxylic acids is 1. The third kappa shape index (κ3) is 3.37. The molecule has 0 spiro atoms. The summed E-state index contributed by atoms with van der Waals surface area (Å²) in [5, 5.41) is 14.4. The average Bonchev–Trinajstić information content (AvgIpc) is 3.09. The second-order valence-electron chi connectivity index (χ2n) is 5.91. The maximum Gasteiger partial charge on any atom is 0.293 e. The van der Waals surface area contributed by atoms with Crippen LogP contribution >= 0.6 is 0 Å². The SMILES string of the molecule is CC(=O)c1ccc(Nc2cccc(N3CCCC3)c2)c([N+](=O)[O-])c1. The molecule has 1 heterocycles. The van der Waals surface area contributed by atoms with Crippen LogP contribution in [0.15, 0.2) is 42.5 Å². The van der Waals surface area contributed by atoms with Gasteiger partial charge in [-0.3, -0.25) is 14.9 Å². The van der Waals surface area contributed by atoms with E-state index in [1.54, 1.807) is 12.1 Å². The van der Waals surface area contributed by atoms with Crippen LogP contribution in [0.1, 0.15) is 30.1 Å². The fourth-order valence-electron chi connectivity index (χ4n) is 2.92. The molecule has 0 aliphatic carbocycles. The molecule has 2 aromatic rings. The van der Waals surface area contributed by atoms with Gasteiger partial charge < -0.3 is 10.2 Å². The van der Waals surface area contributed by atoms with E-state index in [4.69, 9.17) is 0 Å².